The smallest absolute Gasteiger partial charge is 1.00 e. The fourth-order valence-electron chi connectivity index (χ4n) is 2.04. The first kappa shape index (κ1) is 24.1. The van der Waals surface area contributed by atoms with Gasteiger partial charge in [0.25, 0.3) is 0 Å². The Labute approximate surface area is 155 Å². The fourth-order valence-corrected chi connectivity index (χ4v) is 2.91. The number of unbranched alkanes of at least 4 members (excludes halogenated alkanes) is 9. The molecule has 124 valence electrons. The van der Waals surface area contributed by atoms with Crippen LogP contribution in [0.3, 0.4) is 0 Å². The molecule has 1 N–H and O–H groups in total. The maximum Gasteiger partial charge on any atom is 1.00 e. The third-order valence-corrected chi connectivity index (χ3v) is 4.29. The average Bonchev–Trinajstić information content (AvgIpc) is 2.42. The van der Waals surface area contributed by atoms with Gasteiger partial charge >= 0.3 is 39.9 Å². The Balaban J connectivity index is -0.00000180. The van der Waals surface area contributed by atoms with Crippen molar-refractivity contribution in [2.45, 2.75) is 84.5 Å². The SMILES string of the molecule is CCCCCCCCCCCCNS(=O)(=O)OCCC.[H-].[Na+]. The zero-order valence-electron chi connectivity index (χ0n) is 15.3. The van der Waals surface area contributed by atoms with Gasteiger partial charge in [0.1, 0.15) is 0 Å². The summed E-state index contributed by atoms with van der Waals surface area (Å²) in [4.78, 5) is 0. The van der Waals surface area contributed by atoms with Crippen LogP contribution in [0.4, 0.5) is 0 Å². The zero-order chi connectivity index (χ0) is 15.1. The second kappa shape index (κ2) is 17.2. The molecule has 0 aliphatic rings. The summed E-state index contributed by atoms with van der Waals surface area (Å²) >= 11 is 0. The molecular weight excluding hydrogens is 297 g/mol. The molecule has 0 aromatic rings. The number of hydrogen-bond acceptors (Lipinski definition) is 3. The fraction of sp³-hybridized carbons (Fsp3) is 1.00. The molecule has 0 aliphatic carbocycles. The minimum Gasteiger partial charge on any atom is -1.00 e. The van der Waals surface area contributed by atoms with E-state index in [1.807, 2.05) is 6.92 Å². The van der Waals surface area contributed by atoms with Gasteiger partial charge in [-0.05, 0) is 12.8 Å². The molecule has 0 aliphatic heterocycles. The molecule has 0 rings (SSSR count). The Morgan fingerprint density at radius 3 is 1.76 bits per heavy atom. The van der Waals surface area contributed by atoms with Crippen molar-refractivity contribution in [1.82, 2.24) is 4.72 Å². The van der Waals surface area contributed by atoms with Gasteiger partial charge in [-0.2, -0.15) is 13.1 Å². The van der Waals surface area contributed by atoms with Crippen LogP contribution in [0.15, 0.2) is 0 Å². The minimum atomic E-state index is -3.50. The van der Waals surface area contributed by atoms with E-state index in [1.54, 1.807) is 0 Å². The molecule has 0 saturated carbocycles. The van der Waals surface area contributed by atoms with Crippen molar-refractivity contribution in [1.29, 1.82) is 0 Å². The van der Waals surface area contributed by atoms with E-state index in [4.69, 9.17) is 4.18 Å². The van der Waals surface area contributed by atoms with Gasteiger partial charge in [0, 0.05) is 6.54 Å². The van der Waals surface area contributed by atoms with Crippen LogP contribution in [-0.4, -0.2) is 21.6 Å². The van der Waals surface area contributed by atoms with Gasteiger partial charge < -0.3 is 1.43 Å². The summed E-state index contributed by atoms with van der Waals surface area (Å²) in [7, 11) is -3.50. The van der Waals surface area contributed by atoms with Crippen LogP contribution < -0.4 is 34.3 Å². The first-order valence-electron chi connectivity index (χ1n) is 8.26. The van der Waals surface area contributed by atoms with Crippen molar-refractivity contribution in [2.24, 2.45) is 0 Å². The monoisotopic (exact) mass is 331 g/mol. The van der Waals surface area contributed by atoms with Crippen molar-refractivity contribution in [3.8, 4) is 0 Å². The number of nitrogens with one attached hydrogen (secondary N) is 1. The summed E-state index contributed by atoms with van der Waals surface area (Å²) in [6, 6.07) is 0. The summed E-state index contributed by atoms with van der Waals surface area (Å²) in [5, 5.41) is 0. The molecule has 0 saturated heterocycles. The van der Waals surface area contributed by atoms with Crippen LogP contribution >= 0.6 is 0 Å². The third-order valence-electron chi connectivity index (χ3n) is 3.25. The van der Waals surface area contributed by atoms with Crippen molar-refractivity contribution in [3.63, 3.8) is 0 Å². The molecule has 0 heterocycles. The van der Waals surface area contributed by atoms with E-state index in [-0.39, 0.29) is 37.6 Å². The molecular formula is C15H34NNaO3S. The normalized spacial score (nSPS) is 11.3. The van der Waals surface area contributed by atoms with Crippen LogP contribution in [0, 0.1) is 0 Å². The molecule has 0 atom stereocenters. The zero-order valence-corrected chi connectivity index (χ0v) is 17.1. The minimum absolute atomic E-state index is 0. The Bertz CT molecular complexity index is 303. The van der Waals surface area contributed by atoms with Gasteiger partial charge in [0.05, 0.1) is 6.61 Å². The predicted octanol–water partition coefficient (Wildman–Crippen LogP) is 1.28. The standard InChI is InChI=1S/C15H33NO3S.Na.H/c1-3-5-6-7-8-9-10-11-12-13-14-16-20(17,18)19-15-4-2;;/h16H,3-15H2,1-2H3;;/q;+1;-1. The average molecular weight is 331 g/mol. The quantitative estimate of drug-likeness (QED) is 0.363. The van der Waals surface area contributed by atoms with Gasteiger partial charge in [0.15, 0.2) is 0 Å². The number of rotatable bonds is 15. The van der Waals surface area contributed by atoms with E-state index in [2.05, 4.69) is 11.6 Å². The summed E-state index contributed by atoms with van der Waals surface area (Å²) in [6.07, 6.45) is 13.2. The maximum atomic E-state index is 11.3. The van der Waals surface area contributed by atoms with E-state index < -0.39 is 10.3 Å². The number of hydrogen-bond donors (Lipinski definition) is 1. The van der Waals surface area contributed by atoms with E-state index in [0.717, 1.165) is 12.8 Å². The van der Waals surface area contributed by atoms with Crippen molar-refractivity contribution in [2.75, 3.05) is 13.2 Å². The topological polar surface area (TPSA) is 55.4 Å². The van der Waals surface area contributed by atoms with Crippen molar-refractivity contribution < 1.29 is 43.6 Å². The Morgan fingerprint density at radius 2 is 1.29 bits per heavy atom. The molecule has 0 amide bonds. The van der Waals surface area contributed by atoms with Crippen LogP contribution in [0.2, 0.25) is 0 Å². The Kier molecular flexibility index (Phi) is 19.8. The molecule has 4 nitrogen and oxygen atoms in total. The molecule has 6 heteroatoms. The van der Waals surface area contributed by atoms with E-state index in [1.165, 1.54) is 51.4 Å². The van der Waals surface area contributed by atoms with Crippen LogP contribution in [0.25, 0.3) is 0 Å². The molecule has 0 bridgehead atoms. The molecule has 0 unspecified atom stereocenters. The Morgan fingerprint density at radius 1 is 0.810 bits per heavy atom. The van der Waals surface area contributed by atoms with Crippen molar-refractivity contribution >= 4 is 10.3 Å². The molecule has 0 aromatic heterocycles. The van der Waals surface area contributed by atoms with E-state index >= 15 is 0 Å². The van der Waals surface area contributed by atoms with Crippen molar-refractivity contribution in [3.05, 3.63) is 0 Å². The van der Waals surface area contributed by atoms with E-state index in [0.29, 0.717) is 13.0 Å². The molecule has 0 spiro atoms. The van der Waals surface area contributed by atoms with Gasteiger partial charge in [-0.15, -0.1) is 0 Å². The first-order chi connectivity index (χ1) is 9.62. The van der Waals surface area contributed by atoms with Gasteiger partial charge in [-0.25, -0.2) is 0 Å². The van der Waals surface area contributed by atoms with Crippen LogP contribution in [0.1, 0.15) is 85.9 Å². The second-order valence-electron chi connectivity index (χ2n) is 5.35. The Hall–Kier alpha value is 0.870. The van der Waals surface area contributed by atoms with Crippen LogP contribution in [0.5, 0.6) is 0 Å². The summed E-state index contributed by atoms with van der Waals surface area (Å²) in [6.45, 7) is 4.87. The van der Waals surface area contributed by atoms with Gasteiger partial charge in [-0.1, -0.05) is 71.6 Å². The molecule has 0 fully saturated rings. The largest absolute Gasteiger partial charge is 1.00 e. The summed E-state index contributed by atoms with van der Waals surface area (Å²) in [5.74, 6) is 0. The maximum absolute atomic E-state index is 11.3. The third kappa shape index (κ3) is 18.8. The predicted molar refractivity (Wildman–Crippen MR) is 86.1 cm³/mol. The molecule has 0 radical (unpaired) electrons. The van der Waals surface area contributed by atoms with Gasteiger partial charge in [-0.3, -0.25) is 4.18 Å². The molecule has 0 aromatic carbocycles. The first-order valence-corrected chi connectivity index (χ1v) is 9.67. The second-order valence-corrected chi connectivity index (χ2v) is 6.79. The van der Waals surface area contributed by atoms with E-state index in [9.17, 15) is 8.42 Å². The summed E-state index contributed by atoms with van der Waals surface area (Å²) < 4.78 is 29.8. The van der Waals surface area contributed by atoms with Gasteiger partial charge in [0.2, 0.25) is 0 Å². The van der Waals surface area contributed by atoms with Crippen LogP contribution in [-0.2, 0) is 14.5 Å². The summed E-state index contributed by atoms with van der Waals surface area (Å²) in [5.41, 5.74) is 0. The molecule has 21 heavy (non-hydrogen) atoms.